The fourth-order valence-corrected chi connectivity index (χ4v) is 1.64. The molecular formula is C11H16N4O3S. The molecule has 0 aromatic carbocycles. The first-order valence-electron chi connectivity index (χ1n) is 5.60. The summed E-state index contributed by atoms with van der Waals surface area (Å²) in [6, 6.07) is 0.00978. The standard InChI is InChI=1S/C11H16N4O3S/c1-5-6-18-10-8(15(16)17)9(12-7(2)3)13-11(14-10)19-4/h5,7H,1,6H2,2-4H3,(H,12,13,14). The highest BCUT2D eigenvalue weighted by molar-refractivity contribution is 7.98. The van der Waals surface area contributed by atoms with Gasteiger partial charge in [0.2, 0.25) is 5.82 Å². The van der Waals surface area contributed by atoms with E-state index in [9.17, 15) is 10.1 Å². The molecule has 1 heterocycles. The van der Waals surface area contributed by atoms with Crippen molar-refractivity contribution in [3.05, 3.63) is 22.8 Å². The van der Waals surface area contributed by atoms with Gasteiger partial charge in [-0.05, 0) is 20.1 Å². The average Bonchev–Trinajstić information content (AvgIpc) is 2.34. The predicted molar refractivity (Wildman–Crippen MR) is 74.9 cm³/mol. The van der Waals surface area contributed by atoms with E-state index in [-0.39, 0.29) is 30.0 Å². The zero-order valence-corrected chi connectivity index (χ0v) is 11.9. The number of hydrogen-bond donors (Lipinski definition) is 1. The highest BCUT2D eigenvalue weighted by Crippen LogP contribution is 2.34. The topological polar surface area (TPSA) is 90.2 Å². The van der Waals surface area contributed by atoms with Gasteiger partial charge in [0.15, 0.2) is 5.16 Å². The first-order valence-corrected chi connectivity index (χ1v) is 6.82. The molecule has 0 bridgehead atoms. The van der Waals surface area contributed by atoms with E-state index >= 15 is 0 Å². The normalized spacial score (nSPS) is 10.3. The van der Waals surface area contributed by atoms with E-state index in [1.807, 2.05) is 13.8 Å². The summed E-state index contributed by atoms with van der Waals surface area (Å²) in [5, 5.41) is 14.5. The van der Waals surface area contributed by atoms with Gasteiger partial charge in [-0.3, -0.25) is 10.1 Å². The van der Waals surface area contributed by atoms with Gasteiger partial charge in [0.25, 0.3) is 0 Å². The molecule has 19 heavy (non-hydrogen) atoms. The SMILES string of the molecule is C=CCOc1nc(SC)nc(NC(C)C)c1[N+](=O)[O-]. The van der Waals surface area contributed by atoms with Crippen molar-refractivity contribution in [2.45, 2.75) is 25.0 Å². The van der Waals surface area contributed by atoms with Crippen LogP contribution in [0, 0.1) is 10.1 Å². The van der Waals surface area contributed by atoms with Gasteiger partial charge in [0, 0.05) is 6.04 Å². The van der Waals surface area contributed by atoms with E-state index in [2.05, 4.69) is 21.9 Å². The minimum absolute atomic E-state index is 0.00978. The molecule has 8 heteroatoms. The molecule has 1 N–H and O–H groups in total. The van der Waals surface area contributed by atoms with Crippen LogP contribution in [-0.4, -0.2) is 33.8 Å². The van der Waals surface area contributed by atoms with Crippen molar-refractivity contribution in [3.63, 3.8) is 0 Å². The number of ether oxygens (including phenoxy) is 1. The number of nitro groups is 1. The lowest BCUT2D eigenvalue weighted by molar-refractivity contribution is -0.385. The molecule has 0 aliphatic heterocycles. The summed E-state index contributed by atoms with van der Waals surface area (Å²) < 4.78 is 5.25. The number of thioether (sulfide) groups is 1. The summed E-state index contributed by atoms with van der Waals surface area (Å²) in [4.78, 5) is 18.7. The molecule has 0 amide bonds. The maximum atomic E-state index is 11.2. The Morgan fingerprint density at radius 2 is 2.26 bits per heavy atom. The van der Waals surface area contributed by atoms with E-state index < -0.39 is 4.92 Å². The van der Waals surface area contributed by atoms with Crippen LogP contribution in [0.25, 0.3) is 0 Å². The van der Waals surface area contributed by atoms with Crippen LogP contribution in [-0.2, 0) is 0 Å². The highest BCUT2D eigenvalue weighted by Gasteiger charge is 2.26. The monoisotopic (exact) mass is 284 g/mol. The molecule has 0 spiro atoms. The Labute approximate surface area is 115 Å². The molecule has 0 saturated carbocycles. The lowest BCUT2D eigenvalue weighted by Crippen LogP contribution is -2.15. The number of nitrogens with one attached hydrogen (secondary N) is 1. The summed E-state index contributed by atoms with van der Waals surface area (Å²) in [6.45, 7) is 7.39. The Morgan fingerprint density at radius 3 is 2.74 bits per heavy atom. The van der Waals surface area contributed by atoms with Gasteiger partial charge < -0.3 is 10.1 Å². The largest absolute Gasteiger partial charge is 0.468 e. The van der Waals surface area contributed by atoms with Gasteiger partial charge in [-0.25, -0.2) is 0 Å². The van der Waals surface area contributed by atoms with Crippen molar-refractivity contribution in [3.8, 4) is 5.88 Å². The lowest BCUT2D eigenvalue weighted by Gasteiger charge is -2.12. The molecule has 1 rings (SSSR count). The maximum Gasteiger partial charge on any atom is 0.372 e. The first-order chi connectivity index (χ1) is 8.99. The molecule has 7 nitrogen and oxygen atoms in total. The molecule has 104 valence electrons. The Bertz CT molecular complexity index is 479. The van der Waals surface area contributed by atoms with Crippen LogP contribution in [0.4, 0.5) is 11.5 Å². The van der Waals surface area contributed by atoms with Crippen molar-refractivity contribution in [1.29, 1.82) is 0 Å². The van der Waals surface area contributed by atoms with E-state index in [0.29, 0.717) is 5.16 Å². The molecule has 0 aliphatic rings. The number of anilines is 1. The van der Waals surface area contributed by atoms with Gasteiger partial charge in [-0.15, -0.1) is 0 Å². The second-order valence-electron chi connectivity index (χ2n) is 3.87. The van der Waals surface area contributed by atoms with Crippen LogP contribution < -0.4 is 10.1 Å². The molecule has 0 radical (unpaired) electrons. The second-order valence-corrected chi connectivity index (χ2v) is 4.64. The first kappa shape index (κ1) is 15.2. The summed E-state index contributed by atoms with van der Waals surface area (Å²) >= 11 is 1.29. The van der Waals surface area contributed by atoms with E-state index in [0.717, 1.165) is 0 Å². The quantitative estimate of drug-likeness (QED) is 0.270. The molecule has 1 aromatic rings. The zero-order chi connectivity index (χ0) is 14.4. The third kappa shape index (κ3) is 4.09. The van der Waals surface area contributed by atoms with Crippen LogP contribution >= 0.6 is 11.8 Å². The summed E-state index contributed by atoms with van der Waals surface area (Å²) in [5.41, 5.74) is -0.256. The molecule has 0 saturated heterocycles. The fourth-order valence-electron chi connectivity index (χ4n) is 1.28. The summed E-state index contributed by atoms with van der Waals surface area (Å²) in [5.74, 6) is 0.116. The molecule has 0 fully saturated rings. The Kier molecular flexibility index (Phi) is 5.56. The third-order valence-corrected chi connectivity index (χ3v) is 2.51. The van der Waals surface area contributed by atoms with Crippen LogP contribution in [0.15, 0.2) is 17.8 Å². The third-order valence-electron chi connectivity index (χ3n) is 1.96. The van der Waals surface area contributed by atoms with Crippen LogP contribution in [0.1, 0.15) is 13.8 Å². The fraction of sp³-hybridized carbons (Fsp3) is 0.455. The minimum Gasteiger partial charge on any atom is -0.468 e. The Hall–Kier alpha value is -1.83. The Balaban J connectivity index is 3.31. The number of rotatable bonds is 7. The van der Waals surface area contributed by atoms with Crippen molar-refractivity contribution in [1.82, 2.24) is 9.97 Å². The van der Waals surface area contributed by atoms with Gasteiger partial charge in [0.1, 0.15) is 6.61 Å². The van der Waals surface area contributed by atoms with E-state index in [4.69, 9.17) is 4.74 Å². The van der Waals surface area contributed by atoms with Gasteiger partial charge in [0.05, 0.1) is 4.92 Å². The summed E-state index contributed by atoms with van der Waals surface area (Å²) in [7, 11) is 0. The van der Waals surface area contributed by atoms with Crippen molar-refractivity contribution < 1.29 is 9.66 Å². The lowest BCUT2D eigenvalue weighted by atomic mass is 10.3. The maximum absolute atomic E-state index is 11.2. The zero-order valence-electron chi connectivity index (χ0n) is 11.0. The van der Waals surface area contributed by atoms with Crippen molar-refractivity contribution >= 4 is 23.3 Å². The van der Waals surface area contributed by atoms with Gasteiger partial charge in [-0.1, -0.05) is 24.4 Å². The van der Waals surface area contributed by atoms with Gasteiger partial charge in [-0.2, -0.15) is 9.97 Å². The second kappa shape index (κ2) is 6.93. The molecular weight excluding hydrogens is 268 g/mol. The van der Waals surface area contributed by atoms with Crippen LogP contribution in [0.5, 0.6) is 5.88 Å². The molecule has 0 unspecified atom stereocenters. The summed E-state index contributed by atoms with van der Waals surface area (Å²) in [6.07, 6.45) is 3.29. The van der Waals surface area contributed by atoms with E-state index in [1.165, 1.54) is 17.8 Å². The van der Waals surface area contributed by atoms with Crippen molar-refractivity contribution in [2.24, 2.45) is 0 Å². The minimum atomic E-state index is -0.548. The number of aromatic nitrogens is 2. The average molecular weight is 284 g/mol. The number of hydrogen-bond acceptors (Lipinski definition) is 7. The molecule has 0 aliphatic carbocycles. The molecule has 1 aromatic heterocycles. The van der Waals surface area contributed by atoms with Crippen molar-refractivity contribution in [2.75, 3.05) is 18.2 Å². The Morgan fingerprint density at radius 1 is 1.58 bits per heavy atom. The molecule has 0 atom stereocenters. The van der Waals surface area contributed by atoms with Crippen LogP contribution in [0.2, 0.25) is 0 Å². The highest BCUT2D eigenvalue weighted by atomic mass is 32.2. The van der Waals surface area contributed by atoms with Gasteiger partial charge >= 0.3 is 11.6 Å². The van der Waals surface area contributed by atoms with E-state index in [1.54, 1.807) is 6.26 Å². The smallest absolute Gasteiger partial charge is 0.372 e. The van der Waals surface area contributed by atoms with Crippen LogP contribution in [0.3, 0.4) is 0 Å². The predicted octanol–water partition coefficient (Wildman–Crippen LogP) is 2.49. The number of nitrogens with zero attached hydrogens (tertiary/aromatic N) is 3.